The lowest BCUT2D eigenvalue weighted by atomic mass is 10.0. The van der Waals surface area contributed by atoms with E-state index in [1.54, 1.807) is 32.9 Å². The number of ether oxygens (including phenoxy) is 1. The molecule has 0 aliphatic carbocycles. The van der Waals surface area contributed by atoms with Crippen LogP contribution in [0.15, 0.2) is 27.6 Å². The van der Waals surface area contributed by atoms with E-state index in [0.29, 0.717) is 50.0 Å². The van der Waals surface area contributed by atoms with Gasteiger partial charge in [0.25, 0.3) is 5.91 Å². The Morgan fingerprint density at radius 1 is 1.28 bits per heavy atom. The van der Waals surface area contributed by atoms with Gasteiger partial charge in [-0.05, 0) is 38.0 Å². The number of sulfonamides is 1. The van der Waals surface area contributed by atoms with Crippen molar-refractivity contribution >= 4 is 15.9 Å². The molecular formula is C19H26N4O5S. The van der Waals surface area contributed by atoms with Gasteiger partial charge in [0.05, 0.1) is 23.6 Å². The zero-order valence-corrected chi connectivity index (χ0v) is 17.9. The zero-order chi connectivity index (χ0) is 21.2. The first-order valence-corrected chi connectivity index (χ1v) is 10.9. The summed E-state index contributed by atoms with van der Waals surface area (Å²) in [5.41, 5.74) is 0.0325. The minimum Gasteiger partial charge on any atom is -0.379 e. The molecule has 0 atom stereocenters. The first-order valence-electron chi connectivity index (χ1n) is 9.49. The number of morpholine rings is 1. The molecule has 1 amide bonds. The maximum Gasteiger partial charge on any atom is 0.252 e. The van der Waals surface area contributed by atoms with Crippen molar-refractivity contribution in [2.24, 2.45) is 0 Å². The van der Waals surface area contributed by atoms with Crippen molar-refractivity contribution in [3.63, 3.8) is 0 Å². The van der Waals surface area contributed by atoms with E-state index in [1.807, 2.05) is 6.92 Å². The van der Waals surface area contributed by atoms with Crippen LogP contribution in [0.1, 0.15) is 48.4 Å². The third-order valence-electron chi connectivity index (χ3n) is 4.81. The van der Waals surface area contributed by atoms with Crippen LogP contribution in [0.25, 0.3) is 0 Å². The normalized spacial score (nSPS) is 16.0. The second-order valence-corrected chi connectivity index (χ2v) is 9.31. The molecule has 1 fully saturated rings. The number of aromatic nitrogens is 2. The number of rotatable bonds is 6. The highest BCUT2D eigenvalue weighted by Crippen LogP contribution is 2.24. The zero-order valence-electron chi connectivity index (χ0n) is 17.1. The fraction of sp³-hybridized carbons (Fsp3) is 0.526. The first kappa shape index (κ1) is 21.4. The van der Waals surface area contributed by atoms with Crippen LogP contribution in [0.2, 0.25) is 0 Å². The molecule has 2 heterocycles. The van der Waals surface area contributed by atoms with Gasteiger partial charge in [-0.1, -0.05) is 18.1 Å². The summed E-state index contributed by atoms with van der Waals surface area (Å²) in [6.45, 7) is 8.37. The maximum absolute atomic E-state index is 13.2. The lowest BCUT2D eigenvalue weighted by Crippen LogP contribution is -2.42. The van der Waals surface area contributed by atoms with E-state index in [9.17, 15) is 13.2 Å². The van der Waals surface area contributed by atoms with Crippen molar-refractivity contribution < 1.29 is 22.5 Å². The molecule has 1 N–H and O–H groups in total. The SMILES string of the molecule is CCc1ccc(C(=O)NC(C)(C)c2noc(C)n2)cc1S(=O)(=O)N1CCOCC1. The van der Waals surface area contributed by atoms with Crippen LogP contribution in [0, 0.1) is 6.92 Å². The third-order valence-corrected chi connectivity index (χ3v) is 6.79. The predicted octanol–water partition coefficient (Wildman–Crippen LogP) is 1.63. The molecule has 1 aromatic carbocycles. The minimum absolute atomic E-state index is 0.155. The van der Waals surface area contributed by atoms with E-state index in [0.717, 1.165) is 0 Å². The molecule has 0 spiro atoms. The van der Waals surface area contributed by atoms with Gasteiger partial charge in [0.2, 0.25) is 15.9 Å². The molecule has 1 aliphatic heterocycles. The van der Waals surface area contributed by atoms with Crippen LogP contribution in [-0.2, 0) is 26.7 Å². The summed E-state index contributed by atoms with van der Waals surface area (Å²) in [6, 6.07) is 4.76. The van der Waals surface area contributed by atoms with Crippen molar-refractivity contribution in [1.29, 1.82) is 0 Å². The topological polar surface area (TPSA) is 115 Å². The lowest BCUT2D eigenvalue weighted by molar-refractivity contribution is 0.0730. The van der Waals surface area contributed by atoms with Crippen LogP contribution in [0.3, 0.4) is 0 Å². The molecule has 1 aliphatic rings. The first-order chi connectivity index (χ1) is 13.6. The van der Waals surface area contributed by atoms with Crippen LogP contribution < -0.4 is 5.32 Å². The summed E-state index contributed by atoms with van der Waals surface area (Å²) in [5, 5.41) is 6.71. The van der Waals surface area contributed by atoms with E-state index in [4.69, 9.17) is 9.26 Å². The highest BCUT2D eigenvalue weighted by Gasteiger charge is 2.31. The second-order valence-electron chi connectivity index (χ2n) is 7.41. The highest BCUT2D eigenvalue weighted by atomic mass is 32.2. The van der Waals surface area contributed by atoms with E-state index in [1.165, 1.54) is 10.4 Å². The van der Waals surface area contributed by atoms with E-state index in [-0.39, 0.29) is 10.5 Å². The minimum atomic E-state index is -3.72. The van der Waals surface area contributed by atoms with E-state index < -0.39 is 21.5 Å². The van der Waals surface area contributed by atoms with Crippen LogP contribution in [-0.4, -0.2) is 55.1 Å². The lowest BCUT2D eigenvalue weighted by Gasteiger charge is -2.27. The summed E-state index contributed by atoms with van der Waals surface area (Å²) in [5.74, 6) is 0.321. The number of benzene rings is 1. The van der Waals surface area contributed by atoms with Crippen LogP contribution in [0.4, 0.5) is 0 Å². The molecule has 9 nitrogen and oxygen atoms in total. The van der Waals surface area contributed by atoms with Crippen molar-refractivity contribution in [3.05, 3.63) is 41.0 Å². The average molecular weight is 423 g/mol. The van der Waals surface area contributed by atoms with Crippen molar-refractivity contribution in [1.82, 2.24) is 19.8 Å². The number of hydrogen-bond acceptors (Lipinski definition) is 7. The summed E-state index contributed by atoms with van der Waals surface area (Å²) in [6.07, 6.45) is 0.536. The summed E-state index contributed by atoms with van der Waals surface area (Å²) >= 11 is 0. The van der Waals surface area contributed by atoms with Crippen LogP contribution >= 0.6 is 0 Å². The molecule has 0 unspecified atom stereocenters. The summed E-state index contributed by atoms with van der Waals surface area (Å²) < 4.78 is 38.0. The van der Waals surface area contributed by atoms with Gasteiger partial charge in [-0.3, -0.25) is 4.79 Å². The van der Waals surface area contributed by atoms with Crippen LogP contribution in [0.5, 0.6) is 0 Å². The van der Waals surface area contributed by atoms with Crippen molar-refractivity contribution in [2.45, 2.75) is 44.6 Å². The highest BCUT2D eigenvalue weighted by molar-refractivity contribution is 7.89. The second kappa shape index (κ2) is 8.21. The Bertz CT molecular complexity index is 994. The predicted molar refractivity (Wildman–Crippen MR) is 105 cm³/mol. The van der Waals surface area contributed by atoms with Gasteiger partial charge >= 0.3 is 0 Å². The van der Waals surface area contributed by atoms with Gasteiger partial charge in [0.1, 0.15) is 0 Å². The Morgan fingerprint density at radius 3 is 2.55 bits per heavy atom. The summed E-state index contributed by atoms with van der Waals surface area (Å²) in [7, 11) is -3.72. The molecule has 1 saturated heterocycles. The Morgan fingerprint density at radius 2 is 1.97 bits per heavy atom. The molecule has 10 heteroatoms. The summed E-state index contributed by atoms with van der Waals surface area (Å²) in [4.78, 5) is 17.2. The van der Waals surface area contributed by atoms with Crippen molar-refractivity contribution in [2.75, 3.05) is 26.3 Å². The Balaban J connectivity index is 1.90. The van der Waals surface area contributed by atoms with Gasteiger partial charge in [0, 0.05) is 25.6 Å². The fourth-order valence-corrected chi connectivity index (χ4v) is 4.85. The van der Waals surface area contributed by atoms with Gasteiger partial charge in [0.15, 0.2) is 5.82 Å². The van der Waals surface area contributed by atoms with Crippen molar-refractivity contribution in [3.8, 4) is 0 Å². The van der Waals surface area contributed by atoms with E-state index >= 15 is 0 Å². The molecule has 0 saturated carbocycles. The molecule has 0 bridgehead atoms. The standard InChI is InChI=1S/C19H26N4O5S/c1-5-14-6-7-15(12-16(14)29(25,26)23-8-10-27-11-9-23)17(24)21-19(3,4)18-20-13(2)28-22-18/h6-7,12H,5,8-11H2,1-4H3,(H,21,24). The molecular weight excluding hydrogens is 396 g/mol. The third kappa shape index (κ3) is 4.49. The largest absolute Gasteiger partial charge is 0.379 e. The van der Waals surface area contributed by atoms with Gasteiger partial charge < -0.3 is 14.6 Å². The van der Waals surface area contributed by atoms with Gasteiger partial charge in [-0.15, -0.1) is 0 Å². The van der Waals surface area contributed by atoms with Gasteiger partial charge in [-0.2, -0.15) is 9.29 Å². The number of nitrogens with zero attached hydrogens (tertiary/aromatic N) is 3. The number of carbonyl (C=O) groups excluding carboxylic acids is 1. The number of carbonyl (C=O) groups is 1. The monoisotopic (exact) mass is 422 g/mol. The molecule has 3 rings (SSSR count). The molecule has 0 radical (unpaired) electrons. The number of amides is 1. The average Bonchev–Trinajstić information content (AvgIpc) is 3.15. The van der Waals surface area contributed by atoms with Gasteiger partial charge in [-0.25, -0.2) is 8.42 Å². The molecule has 158 valence electrons. The molecule has 2 aromatic rings. The fourth-order valence-electron chi connectivity index (χ4n) is 3.12. The Labute approximate surface area is 170 Å². The Kier molecular flexibility index (Phi) is 6.06. The molecule has 1 aromatic heterocycles. The number of aryl methyl sites for hydroxylation is 2. The smallest absolute Gasteiger partial charge is 0.252 e. The maximum atomic E-state index is 13.2. The quantitative estimate of drug-likeness (QED) is 0.752. The number of hydrogen-bond donors (Lipinski definition) is 1. The van der Waals surface area contributed by atoms with E-state index in [2.05, 4.69) is 15.5 Å². The number of nitrogens with one attached hydrogen (secondary N) is 1. The Hall–Kier alpha value is -2.30. The molecule has 29 heavy (non-hydrogen) atoms.